The van der Waals surface area contributed by atoms with Gasteiger partial charge in [-0.3, -0.25) is 4.79 Å². The smallest absolute Gasteiger partial charge is 0.304 e. The quantitative estimate of drug-likeness (QED) is 0.803. The number of hydrogen-bond acceptors (Lipinski definition) is 3. The molecule has 6 nitrogen and oxygen atoms in total. The first-order valence-electron chi connectivity index (χ1n) is 5.77. The fourth-order valence-electron chi connectivity index (χ4n) is 1.53. The summed E-state index contributed by atoms with van der Waals surface area (Å²) >= 11 is 0. The molecule has 0 aliphatic rings. The first kappa shape index (κ1) is 15.6. The Morgan fingerprint density at radius 3 is 2.26 bits per heavy atom. The molecule has 19 heavy (non-hydrogen) atoms. The molecule has 1 rings (SSSR count). The van der Waals surface area contributed by atoms with Crippen LogP contribution in [0.3, 0.4) is 0 Å². The highest BCUT2D eigenvalue weighted by Crippen LogP contribution is 2.10. The summed E-state index contributed by atoms with van der Waals surface area (Å²) in [4.78, 5) is 10.5. The third-order valence-corrected chi connectivity index (χ3v) is 4.56. The summed E-state index contributed by atoms with van der Waals surface area (Å²) in [6, 6.07) is 9.21. The molecular formula is C12H18N2O4S. The van der Waals surface area contributed by atoms with E-state index < -0.39 is 16.2 Å². The molecule has 0 heterocycles. The van der Waals surface area contributed by atoms with E-state index >= 15 is 0 Å². The molecule has 0 radical (unpaired) electrons. The largest absolute Gasteiger partial charge is 0.481 e. The van der Waals surface area contributed by atoms with Crippen LogP contribution in [0.4, 0.5) is 0 Å². The van der Waals surface area contributed by atoms with E-state index in [2.05, 4.69) is 0 Å². The van der Waals surface area contributed by atoms with Crippen LogP contribution in [-0.4, -0.2) is 48.7 Å². The molecule has 7 heteroatoms. The van der Waals surface area contributed by atoms with Gasteiger partial charge in [0.1, 0.15) is 0 Å². The van der Waals surface area contributed by atoms with Gasteiger partial charge in [0.05, 0.1) is 6.42 Å². The molecule has 0 unspecified atom stereocenters. The second-order valence-corrected chi connectivity index (χ2v) is 6.36. The van der Waals surface area contributed by atoms with E-state index in [1.54, 1.807) is 0 Å². The van der Waals surface area contributed by atoms with Crippen LogP contribution in [0.5, 0.6) is 0 Å². The van der Waals surface area contributed by atoms with Crippen molar-refractivity contribution in [1.29, 1.82) is 0 Å². The molecule has 0 fully saturated rings. The molecule has 0 bridgehead atoms. The Bertz CT molecular complexity index is 516. The van der Waals surface area contributed by atoms with Gasteiger partial charge in [0.2, 0.25) is 0 Å². The summed E-state index contributed by atoms with van der Waals surface area (Å²) in [5.41, 5.74) is 0.875. The fourth-order valence-corrected chi connectivity index (χ4v) is 2.64. The zero-order valence-electron chi connectivity index (χ0n) is 11.0. The minimum absolute atomic E-state index is 0.0448. The maximum Gasteiger partial charge on any atom is 0.304 e. The number of nitrogens with zero attached hydrogens (tertiary/aromatic N) is 2. The topological polar surface area (TPSA) is 77.9 Å². The van der Waals surface area contributed by atoms with Crippen molar-refractivity contribution in [2.45, 2.75) is 13.0 Å². The highest BCUT2D eigenvalue weighted by molar-refractivity contribution is 7.86. The number of carboxylic acid groups (broad SMARTS) is 1. The summed E-state index contributed by atoms with van der Waals surface area (Å²) in [5, 5.41) is 8.57. The Kier molecular flexibility index (Phi) is 5.46. The Morgan fingerprint density at radius 1 is 1.16 bits per heavy atom. The number of hydrogen-bond donors (Lipinski definition) is 1. The fraction of sp³-hybridized carbons (Fsp3) is 0.417. The standard InChI is InChI=1S/C12H18N2O4S/c1-13(9-8-12(15)16)19(17,18)14(2)10-11-6-4-3-5-7-11/h3-7H,8-10H2,1-2H3,(H,15,16). The van der Waals surface area contributed by atoms with Crippen LogP contribution in [0, 0.1) is 0 Å². The van der Waals surface area contributed by atoms with Gasteiger partial charge in [-0.15, -0.1) is 0 Å². The zero-order valence-corrected chi connectivity index (χ0v) is 11.8. The second-order valence-electron chi connectivity index (χ2n) is 4.21. The molecular weight excluding hydrogens is 268 g/mol. The van der Waals surface area contributed by atoms with Gasteiger partial charge in [-0.25, -0.2) is 0 Å². The van der Waals surface area contributed by atoms with Crippen LogP contribution in [0.15, 0.2) is 30.3 Å². The molecule has 0 saturated carbocycles. The first-order chi connectivity index (χ1) is 8.84. The summed E-state index contributed by atoms with van der Waals surface area (Å²) in [5.74, 6) is -1.02. The number of carbonyl (C=O) groups is 1. The van der Waals surface area contributed by atoms with Crippen molar-refractivity contribution in [2.24, 2.45) is 0 Å². The van der Waals surface area contributed by atoms with Crippen molar-refractivity contribution in [3.8, 4) is 0 Å². The monoisotopic (exact) mass is 286 g/mol. The van der Waals surface area contributed by atoms with Gasteiger partial charge in [0, 0.05) is 27.2 Å². The maximum atomic E-state index is 12.1. The molecule has 0 aliphatic carbocycles. The first-order valence-corrected chi connectivity index (χ1v) is 7.17. The number of benzene rings is 1. The van der Waals surface area contributed by atoms with E-state index in [4.69, 9.17) is 5.11 Å². The third-order valence-electron chi connectivity index (χ3n) is 2.68. The van der Waals surface area contributed by atoms with Crippen molar-refractivity contribution in [3.63, 3.8) is 0 Å². The molecule has 1 aromatic rings. The number of aliphatic carboxylic acids is 1. The van der Waals surface area contributed by atoms with Crippen LogP contribution >= 0.6 is 0 Å². The predicted molar refractivity (Wildman–Crippen MR) is 71.7 cm³/mol. The van der Waals surface area contributed by atoms with E-state index in [0.717, 1.165) is 9.87 Å². The molecule has 0 amide bonds. The van der Waals surface area contributed by atoms with Gasteiger partial charge in [-0.2, -0.15) is 17.0 Å². The summed E-state index contributed by atoms with van der Waals surface area (Å²) in [7, 11) is -0.783. The van der Waals surface area contributed by atoms with Crippen molar-refractivity contribution < 1.29 is 18.3 Å². The second kappa shape index (κ2) is 6.65. The lowest BCUT2D eigenvalue weighted by Gasteiger charge is -2.24. The Hall–Kier alpha value is -1.44. The van der Waals surface area contributed by atoms with Crippen LogP contribution in [0.2, 0.25) is 0 Å². The lowest BCUT2D eigenvalue weighted by Crippen LogP contribution is -2.40. The molecule has 106 valence electrons. The Morgan fingerprint density at radius 2 is 1.74 bits per heavy atom. The van der Waals surface area contributed by atoms with Crippen LogP contribution in [-0.2, 0) is 21.5 Å². The average Bonchev–Trinajstić information content (AvgIpc) is 2.36. The van der Waals surface area contributed by atoms with Crippen LogP contribution < -0.4 is 0 Å². The molecule has 1 aromatic carbocycles. The SMILES string of the molecule is CN(CCC(=O)O)S(=O)(=O)N(C)Cc1ccccc1. The van der Waals surface area contributed by atoms with Crippen molar-refractivity contribution in [3.05, 3.63) is 35.9 Å². The van der Waals surface area contributed by atoms with Gasteiger partial charge in [0.15, 0.2) is 0 Å². The van der Waals surface area contributed by atoms with Gasteiger partial charge in [0.25, 0.3) is 10.2 Å². The van der Waals surface area contributed by atoms with Gasteiger partial charge in [-0.1, -0.05) is 30.3 Å². The molecule has 0 spiro atoms. The van der Waals surface area contributed by atoms with Crippen molar-refractivity contribution in [1.82, 2.24) is 8.61 Å². The highest BCUT2D eigenvalue weighted by atomic mass is 32.2. The Balaban J connectivity index is 2.68. The third kappa shape index (κ3) is 4.62. The Labute approximate surface area is 113 Å². The van der Waals surface area contributed by atoms with E-state index in [1.807, 2.05) is 30.3 Å². The molecule has 0 aliphatic heterocycles. The molecule has 1 N–H and O–H groups in total. The van der Waals surface area contributed by atoms with E-state index in [9.17, 15) is 13.2 Å². The van der Waals surface area contributed by atoms with Crippen LogP contribution in [0.25, 0.3) is 0 Å². The molecule has 0 aromatic heterocycles. The maximum absolute atomic E-state index is 12.1. The lowest BCUT2D eigenvalue weighted by molar-refractivity contribution is -0.137. The van der Waals surface area contributed by atoms with Crippen molar-refractivity contribution in [2.75, 3.05) is 20.6 Å². The van der Waals surface area contributed by atoms with Crippen LogP contribution in [0.1, 0.15) is 12.0 Å². The van der Waals surface area contributed by atoms with E-state index in [0.29, 0.717) is 0 Å². The van der Waals surface area contributed by atoms with Crippen molar-refractivity contribution >= 4 is 16.2 Å². The summed E-state index contributed by atoms with van der Waals surface area (Å²) in [6.45, 7) is 0.206. The number of rotatable bonds is 7. The molecule has 0 saturated heterocycles. The predicted octanol–water partition coefficient (Wildman–Crippen LogP) is 0.770. The average molecular weight is 286 g/mol. The summed E-state index contributed by atoms with van der Waals surface area (Å²) in [6.07, 6.45) is -0.213. The zero-order chi connectivity index (χ0) is 14.5. The van der Waals surface area contributed by atoms with Gasteiger partial charge >= 0.3 is 5.97 Å². The summed E-state index contributed by atoms with van der Waals surface area (Å²) < 4.78 is 26.5. The molecule has 0 atom stereocenters. The minimum Gasteiger partial charge on any atom is -0.481 e. The lowest BCUT2D eigenvalue weighted by atomic mass is 10.2. The van der Waals surface area contributed by atoms with Gasteiger partial charge in [-0.05, 0) is 5.56 Å². The van der Waals surface area contributed by atoms with E-state index in [-0.39, 0.29) is 19.5 Å². The van der Waals surface area contributed by atoms with E-state index in [1.165, 1.54) is 18.4 Å². The highest BCUT2D eigenvalue weighted by Gasteiger charge is 2.23. The minimum atomic E-state index is -3.63. The van der Waals surface area contributed by atoms with Gasteiger partial charge < -0.3 is 5.11 Å². The normalized spacial score (nSPS) is 12.0. The number of carboxylic acids is 1.